The van der Waals surface area contributed by atoms with Gasteiger partial charge in [-0.15, -0.1) is 11.3 Å². The van der Waals surface area contributed by atoms with Gasteiger partial charge in [-0.2, -0.15) is 0 Å². The summed E-state index contributed by atoms with van der Waals surface area (Å²) in [4.78, 5) is 13.8. The van der Waals surface area contributed by atoms with Gasteiger partial charge in [0.2, 0.25) is 0 Å². The number of rotatable bonds is 3. The predicted molar refractivity (Wildman–Crippen MR) is 85.9 cm³/mol. The Morgan fingerprint density at radius 1 is 1.29 bits per heavy atom. The maximum Gasteiger partial charge on any atom is 0.252 e. The molecule has 2 aliphatic rings. The lowest BCUT2D eigenvalue weighted by molar-refractivity contribution is 0.0709. The van der Waals surface area contributed by atoms with Crippen LogP contribution < -0.4 is 5.32 Å². The number of thiophene rings is 1. The average Bonchev–Trinajstić information content (AvgIpc) is 3.08. The molecule has 0 spiro atoms. The van der Waals surface area contributed by atoms with Crippen molar-refractivity contribution in [2.75, 3.05) is 0 Å². The highest BCUT2D eigenvalue weighted by molar-refractivity contribution is 7.10. The Balaban J connectivity index is 1.66. The van der Waals surface area contributed by atoms with Crippen molar-refractivity contribution < 1.29 is 9.90 Å². The number of aliphatic hydroxyl groups is 1. The fourth-order valence-corrected chi connectivity index (χ4v) is 4.76. The highest BCUT2D eigenvalue weighted by Crippen LogP contribution is 2.36. The maximum absolute atomic E-state index is 12.4. The molecule has 1 aromatic heterocycles. The number of aliphatic hydroxyl groups excluding tert-OH is 1. The molecular formula is C17H25NO2S. The smallest absolute Gasteiger partial charge is 0.252 e. The second-order valence-corrected chi connectivity index (χ2v) is 7.80. The van der Waals surface area contributed by atoms with Crippen molar-refractivity contribution in [3.8, 4) is 0 Å². The van der Waals surface area contributed by atoms with Crippen molar-refractivity contribution in [3.63, 3.8) is 0 Å². The van der Waals surface area contributed by atoms with Gasteiger partial charge in [0, 0.05) is 10.3 Å². The lowest BCUT2D eigenvalue weighted by Gasteiger charge is -2.29. The summed E-state index contributed by atoms with van der Waals surface area (Å²) in [5.74, 6) is 0.620. The molecule has 2 fully saturated rings. The second kappa shape index (κ2) is 6.09. The molecule has 3 nitrogen and oxygen atoms in total. The van der Waals surface area contributed by atoms with Crippen LogP contribution in [0.5, 0.6) is 0 Å². The van der Waals surface area contributed by atoms with Gasteiger partial charge in [-0.1, -0.05) is 19.3 Å². The third-order valence-corrected chi connectivity index (χ3v) is 6.29. The van der Waals surface area contributed by atoms with Gasteiger partial charge in [-0.3, -0.25) is 4.79 Å². The van der Waals surface area contributed by atoms with Gasteiger partial charge in [0.05, 0.1) is 17.2 Å². The van der Waals surface area contributed by atoms with E-state index in [-0.39, 0.29) is 5.91 Å². The van der Waals surface area contributed by atoms with Crippen LogP contribution >= 0.6 is 11.3 Å². The largest absolute Gasteiger partial charge is 0.391 e. The molecule has 1 amide bonds. The Morgan fingerprint density at radius 3 is 2.71 bits per heavy atom. The first kappa shape index (κ1) is 15.0. The number of hydrogen-bond acceptors (Lipinski definition) is 3. The second-order valence-electron chi connectivity index (χ2n) is 6.85. The molecule has 0 aliphatic heterocycles. The average molecular weight is 307 g/mol. The summed E-state index contributed by atoms with van der Waals surface area (Å²) in [6, 6.07) is 2.07. The molecule has 2 N–H and O–H groups in total. The standard InChI is InChI=1S/C17H25NO2S/c1-17(9-5-8-15(17)19)18-16(20)13-10-14(21-11-13)12-6-3-2-4-7-12/h10-12,15,19H,2-9H2,1H3,(H,18,20). The first-order valence-corrected chi connectivity index (χ1v) is 9.05. The van der Waals surface area contributed by atoms with E-state index in [1.54, 1.807) is 11.3 Å². The monoisotopic (exact) mass is 307 g/mol. The normalized spacial score (nSPS) is 30.5. The highest BCUT2D eigenvalue weighted by Gasteiger charge is 2.39. The molecule has 0 radical (unpaired) electrons. The minimum Gasteiger partial charge on any atom is -0.391 e. The van der Waals surface area contributed by atoms with Crippen LogP contribution in [0.2, 0.25) is 0 Å². The van der Waals surface area contributed by atoms with Gasteiger partial charge >= 0.3 is 0 Å². The van der Waals surface area contributed by atoms with Crippen LogP contribution in [0.1, 0.15) is 79.4 Å². The van der Waals surface area contributed by atoms with Gasteiger partial charge < -0.3 is 10.4 Å². The number of carbonyl (C=O) groups is 1. The molecule has 0 saturated heterocycles. The van der Waals surface area contributed by atoms with Gasteiger partial charge in [-0.05, 0) is 51.0 Å². The van der Waals surface area contributed by atoms with Crippen LogP contribution in [0.25, 0.3) is 0 Å². The lowest BCUT2D eigenvalue weighted by Crippen LogP contribution is -2.51. The fourth-order valence-electron chi connectivity index (χ4n) is 3.70. The van der Waals surface area contributed by atoms with E-state index in [2.05, 4.69) is 11.4 Å². The van der Waals surface area contributed by atoms with Crippen molar-refractivity contribution in [1.29, 1.82) is 0 Å². The third kappa shape index (κ3) is 3.16. The minimum atomic E-state index is -0.454. The summed E-state index contributed by atoms with van der Waals surface area (Å²) in [6.07, 6.45) is 8.71. The molecule has 21 heavy (non-hydrogen) atoms. The number of hydrogen-bond donors (Lipinski definition) is 2. The highest BCUT2D eigenvalue weighted by atomic mass is 32.1. The van der Waals surface area contributed by atoms with E-state index < -0.39 is 11.6 Å². The van der Waals surface area contributed by atoms with Crippen molar-refractivity contribution in [1.82, 2.24) is 5.32 Å². The van der Waals surface area contributed by atoms with E-state index >= 15 is 0 Å². The summed E-state index contributed by atoms with van der Waals surface area (Å²) < 4.78 is 0. The Kier molecular flexibility index (Phi) is 4.36. The number of carbonyl (C=O) groups excluding carboxylic acids is 1. The zero-order valence-corrected chi connectivity index (χ0v) is 13.5. The van der Waals surface area contributed by atoms with Crippen molar-refractivity contribution in [3.05, 3.63) is 21.9 Å². The van der Waals surface area contributed by atoms with Crippen LogP contribution in [0.15, 0.2) is 11.4 Å². The molecule has 2 unspecified atom stereocenters. The zero-order valence-electron chi connectivity index (χ0n) is 12.7. The fraction of sp³-hybridized carbons (Fsp3) is 0.706. The van der Waals surface area contributed by atoms with E-state index in [4.69, 9.17) is 0 Å². The maximum atomic E-state index is 12.4. The SMILES string of the molecule is CC1(NC(=O)c2csc(C3CCCCC3)c2)CCCC1O. The predicted octanol–water partition coefficient (Wildman–Crippen LogP) is 3.83. The van der Waals surface area contributed by atoms with Gasteiger partial charge in [0.25, 0.3) is 5.91 Å². The van der Waals surface area contributed by atoms with Crippen molar-refractivity contribution in [2.24, 2.45) is 0 Å². The summed E-state index contributed by atoms with van der Waals surface area (Å²) in [6.45, 7) is 1.96. The van der Waals surface area contributed by atoms with Gasteiger partial charge in [0.15, 0.2) is 0 Å². The van der Waals surface area contributed by atoms with E-state index in [0.717, 1.165) is 24.8 Å². The van der Waals surface area contributed by atoms with Crippen LogP contribution in [-0.4, -0.2) is 22.7 Å². The van der Waals surface area contributed by atoms with Crippen LogP contribution in [0, 0.1) is 0 Å². The zero-order chi connectivity index (χ0) is 14.9. The Hall–Kier alpha value is -0.870. The van der Waals surface area contributed by atoms with Crippen molar-refractivity contribution >= 4 is 17.2 Å². The summed E-state index contributed by atoms with van der Waals surface area (Å²) >= 11 is 1.72. The molecule has 1 aromatic rings. The Bertz CT molecular complexity index is 507. The first-order valence-electron chi connectivity index (χ1n) is 8.17. The molecule has 4 heteroatoms. The lowest BCUT2D eigenvalue weighted by atomic mass is 9.88. The Morgan fingerprint density at radius 2 is 2.05 bits per heavy atom. The topological polar surface area (TPSA) is 49.3 Å². The van der Waals surface area contributed by atoms with E-state index in [1.165, 1.54) is 37.0 Å². The summed E-state index contributed by atoms with van der Waals surface area (Å²) in [5.41, 5.74) is 0.310. The molecule has 2 aliphatic carbocycles. The molecule has 0 aromatic carbocycles. The summed E-state index contributed by atoms with van der Waals surface area (Å²) in [7, 11) is 0. The number of amides is 1. The van der Waals surface area contributed by atoms with Crippen molar-refractivity contribution in [2.45, 2.75) is 75.9 Å². The van der Waals surface area contributed by atoms with E-state index in [1.807, 2.05) is 12.3 Å². The minimum absolute atomic E-state index is 0.0308. The summed E-state index contributed by atoms with van der Waals surface area (Å²) in [5, 5.41) is 15.1. The molecule has 3 rings (SSSR count). The van der Waals surface area contributed by atoms with Crippen LogP contribution in [0.4, 0.5) is 0 Å². The molecule has 2 saturated carbocycles. The molecular weight excluding hydrogens is 282 g/mol. The quantitative estimate of drug-likeness (QED) is 0.891. The number of nitrogens with one attached hydrogen (secondary N) is 1. The first-order chi connectivity index (χ1) is 10.1. The Labute approximate surface area is 130 Å². The van der Waals surface area contributed by atoms with Crippen LogP contribution in [0.3, 0.4) is 0 Å². The molecule has 1 heterocycles. The molecule has 0 bridgehead atoms. The van der Waals surface area contributed by atoms with Gasteiger partial charge in [-0.25, -0.2) is 0 Å². The third-order valence-electron chi connectivity index (χ3n) is 5.20. The van der Waals surface area contributed by atoms with Crippen LogP contribution in [-0.2, 0) is 0 Å². The molecule has 2 atom stereocenters. The van der Waals surface area contributed by atoms with E-state index in [9.17, 15) is 9.90 Å². The van der Waals surface area contributed by atoms with Gasteiger partial charge in [0.1, 0.15) is 0 Å². The van der Waals surface area contributed by atoms with E-state index in [0.29, 0.717) is 5.92 Å². The molecule has 116 valence electrons.